The van der Waals surface area contributed by atoms with Crippen molar-refractivity contribution in [3.63, 3.8) is 0 Å². The Morgan fingerprint density at radius 1 is 1.25 bits per heavy atom. The number of carbonyl (C=O) groups is 2. The van der Waals surface area contributed by atoms with Crippen molar-refractivity contribution in [2.24, 2.45) is 0 Å². The minimum Gasteiger partial charge on any atom is -0.447 e. The van der Waals surface area contributed by atoms with Crippen molar-refractivity contribution in [2.45, 2.75) is 38.6 Å². The topological polar surface area (TPSA) is 90.4 Å². The summed E-state index contributed by atoms with van der Waals surface area (Å²) < 4.78 is 21.6. The molecule has 2 aliphatic heterocycles. The van der Waals surface area contributed by atoms with E-state index in [1.807, 2.05) is 31.2 Å². The van der Waals surface area contributed by atoms with Gasteiger partial charge in [-0.05, 0) is 49.1 Å². The van der Waals surface area contributed by atoms with Gasteiger partial charge in [-0.15, -0.1) is 0 Å². The van der Waals surface area contributed by atoms with Crippen LogP contribution in [0.15, 0.2) is 36.4 Å². The molecule has 3 heterocycles. The van der Waals surface area contributed by atoms with Crippen molar-refractivity contribution in [3.8, 4) is 5.75 Å². The molecular weight excluding hydrogens is 414 g/mol. The molecule has 0 radical (unpaired) electrons. The molecule has 2 aromatic rings. The van der Waals surface area contributed by atoms with Crippen LogP contribution in [0.3, 0.4) is 0 Å². The second kappa shape index (κ2) is 9.54. The summed E-state index contributed by atoms with van der Waals surface area (Å²) in [5.41, 5.74) is 2.22. The SMILES string of the molecule is COC(OC)c1nc2c(cc1CN1C(=O)OC[C@@H]1C)CCCN2C(=O)Oc1ccccc1. The molecule has 2 aliphatic rings. The van der Waals surface area contributed by atoms with E-state index in [2.05, 4.69) is 0 Å². The minimum atomic E-state index is -0.752. The number of fused-ring (bicyclic) bond motifs is 1. The number of methoxy groups -OCH3 is 2. The number of aromatic nitrogens is 1. The molecule has 9 heteroatoms. The zero-order valence-corrected chi connectivity index (χ0v) is 18.4. The van der Waals surface area contributed by atoms with Crippen molar-refractivity contribution in [1.82, 2.24) is 9.88 Å². The third-order valence-electron chi connectivity index (χ3n) is 5.65. The average molecular weight is 441 g/mol. The summed E-state index contributed by atoms with van der Waals surface area (Å²) >= 11 is 0. The lowest BCUT2D eigenvalue weighted by Gasteiger charge is -2.30. The van der Waals surface area contributed by atoms with Gasteiger partial charge in [0.2, 0.25) is 6.29 Å². The van der Waals surface area contributed by atoms with E-state index in [1.54, 1.807) is 17.0 Å². The van der Waals surface area contributed by atoms with Gasteiger partial charge in [0, 0.05) is 20.8 Å². The van der Waals surface area contributed by atoms with Crippen LogP contribution < -0.4 is 9.64 Å². The number of para-hydroxylation sites is 1. The smallest absolute Gasteiger partial charge is 0.420 e. The van der Waals surface area contributed by atoms with Crippen LogP contribution >= 0.6 is 0 Å². The zero-order chi connectivity index (χ0) is 22.7. The molecule has 170 valence electrons. The normalized spacial score (nSPS) is 18.0. The number of benzene rings is 1. The molecule has 1 saturated heterocycles. The van der Waals surface area contributed by atoms with Crippen LogP contribution in [0.4, 0.5) is 15.4 Å². The van der Waals surface area contributed by atoms with E-state index in [0.717, 1.165) is 24.0 Å². The summed E-state index contributed by atoms with van der Waals surface area (Å²) in [6, 6.07) is 10.9. The van der Waals surface area contributed by atoms with Gasteiger partial charge >= 0.3 is 12.2 Å². The first-order chi connectivity index (χ1) is 15.5. The predicted octanol–water partition coefficient (Wildman–Crippen LogP) is 3.67. The van der Waals surface area contributed by atoms with Crippen molar-refractivity contribution in [2.75, 3.05) is 32.3 Å². The Morgan fingerprint density at radius 2 is 2.00 bits per heavy atom. The van der Waals surface area contributed by atoms with Crippen molar-refractivity contribution >= 4 is 18.0 Å². The van der Waals surface area contributed by atoms with Crippen molar-refractivity contribution in [3.05, 3.63) is 53.2 Å². The molecule has 1 aromatic carbocycles. The van der Waals surface area contributed by atoms with E-state index in [-0.39, 0.29) is 12.1 Å². The second-order valence-electron chi connectivity index (χ2n) is 7.81. The number of carbonyl (C=O) groups excluding carboxylic acids is 2. The molecule has 1 aromatic heterocycles. The van der Waals surface area contributed by atoms with Crippen LogP contribution in [-0.2, 0) is 27.2 Å². The summed E-state index contributed by atoms with van der Waals surface area (Å²) in [4.78, 5) is 33.1. The Hall–Kier alpha value is -3.17. The van der Waals surface area contributed by atoms with Crippen LogP contribution in [0.25, 0.3) is 0 Å². The number of hydrogen-bond donors (Lipinski definition) is 0. The fourth-order valence-electron chi connectivity index (χ4n) is 3.98. The second-order valence-corrected chi connectivity index (χ2v) is 7.81. The van der Waals surface area contributed by atoms with Crippen LogP contribution in [0.2, 0.25) is 0 Å². The molecule has 32 heavy (non-hydrogen) atoms. The first-order valence-corrected chi connectivity index (χ1v) is 10.6. The average Bonchev–Trinajstić information content (AvgIpc) is 3.12. The highest BCUT2D eigenvalue weighted by Gasteiger charge is 2.33. The van der Waals surface area contributed by atoms with E-state index in [1.165, 1.54) is 19.1 Å². The highest BCUT2D eigenvalue weighted by atomic mass is 16.7. The predicted molar refractivity (Wildman–Crippen MR) is 115 cm³/mol. The fraction of sp³-hybridized carbons (Fsp3) is 0.435. The molecule has 9 nitrogen and oxygen atoms in total. The Labute approximate surface area is 186 Å². The van der Waals surface area contributed by atoms with Crippen LogP contribution in [0.5, 0.6) is 5.75 Å². The molecule has 4 rings (SSSR count). The molecule has 1 atom stereocenters. The Balaban J connectivity index is 1.68. The van der Waals surface area contributed by atoms with Crippen molar-refractivity contribution < 1.29 is 28.5 Å². The van der Waals surface area contributed by atoms with Gasteiger partial charge in [-0.25, -0.2) is 14.6 Å². The Morgan fingerprint density at radius 3 is 2.66 bits per heavy atom. The lowest BCUT2D eigenvalue weighted by atomic mass is 10.0. The van der Waals surface area contributed by atoms with Gasteiger partial charge < -0.3 is 18.9 Å². The van der Waals surface area contributed by atoms with E-state index < -0.39 is 12.4 Å². The summed E-state index contributed by atoms with van der Waals surface area (Å²) in [7, 11) is 3.04. The van der Waals surface area contributed by atoms with Gasteiger partial charge in [-0.2, -0.15) is 0 Å². The van der Waals surface area contributed by atoms with Gasteiger partial charge in [0.1, 0.15) is 23.9 Å². The third-order valence-corrected chi connectivity index (χ3v) is 5.65. The number of ether oxygens (including phenoxy) is 4. The number of cyclic esters (lactones) is 1. The number of aryl methyl sites for hydroxylation is 1. The maximum absolute atomic E-state index is 12.9. The van der Waals surface area contributed by atoms with Gasteiger partial charge in [-0.1, -0.05) is 18.2 Å². The van der Waals surface area contributed by atoms with Gasteiger partial charge in [0.05, 0.1) is 12.6 Å². The highest BCUT2D eigenvalue weighted by Crippen LogP contribution is 2.33. The Bertz CT molecular complexity index is 979. The van der Waals surface area contributed by atoms with E-state index in [4.69, 9.17) is 23.9 Å². The largest absolute Gasteiger partial charge is 0.447 e. The summed E-state index contributed by atoms with van der Waals surface area (Å²) in [6.07, 6.45) is -0.0717. The lowest BCUT2D eigenvalue weighted by Crippen LogP contribution is -2.39. The molecule has 0 N–H and O–H groups in total. The number of amides is 2. The summed E-state index contributed by atoms with van der Waals surface area (Å²) in [5.74, 6) is 0.988. The molecule has 0 bridgehead atoms. The number of anilines is 1. The monoisotopic (exact) mass is 441 g/mol. The quantitative estimate of drug-likeness (QED) is 0.632. The van der Waals surface area contributed by atoms with E-state index in [0.29, 0.717) is 37.0 Å². The molecule has 2 amide bonds. The van der Waals surface area contributed by atoms with E-state index in [9.17, 15) is 9.59 Å². The van der Waals surface area contributed by atoms with Crippen LogP contribution in [0, 0.1) is 0 Å². The lowest BCUT2D eigenvalue weighted by molar-refractivity contribution is -0.109. The van der Waals surface area contributed by atoms with Gasteiger partial charge in [-0.3, -0.25) is 9.80 Å². The number of hydrogen-bond acceptors (Lipinski definition) is 7. The zero-order valence-electron chi connectivity index (χ0n) is 18.4. The standard InChI is InChI=1S/C23H27N3O6/c1-15-14-31-22(27)26(15)13-17-12-16-8-7-11-25(20(16)24-19(17)21(29-2)30-3)23(28)32-18-9-5-4-6-10-18/h4-6,9-10,12,15,21H,7-8,11,13-14H2,1-3H3/t15-/m0/s1. The Kier molecular flexibility index (Phi) is 6.57. The third kappa shape index (κ3) is 4.39. The summed E-state index contributed by atoms with van der Waals surface area (Å²) in [6.45, 7) is 3.09. The molecular formula is C23H27N3O6. The summed E-state index contributed by atoms with van der Waals surface area (Å²) in [5, 5.41) is 0. The first-order valence-electron chi connectivity index (χ1n) is 10.6. The maximum atomic E-state index is 12.9. The molecule has 0 spiro atoms. The molecule has 0 saturated carbocycles. The number of rotatable bonds is 6. The molecule has 0 aliphatic carbocycles. The van der Waals surface area contributed by atoms with E-state index >= 15 is 0 Å². The first kappa shape index (κ1) is 22.0. The van der Waals surface area contributed by atoms with Crippen LogP contribution in [0.1, 0.15) is 36.5 Å². The number of pyridine rings is 1. The number of nitrogens with zero attached hydrogens (tertiary/aromatic N) is 3. The maximum Gasteiger partial charge on any atom is 0.420 e. The van der Waals surface area contributed by atoms with Crippen LogP contribution in [-0.4, -0.2) is 55.5 Å². The highest BCUT2D eigenvalue weighted by molar-refractivity contribution is 5.89. The van der Waals surface area contributed by atoms with Gasteiger partial charge in [0.15, 0.2) is 0 Å². The fourth-order valence-corrected chi connectivity index (χ4v) is 3.98. The molecule has 1 fully saturated rings. The van der Waals surface area contributed by atoms with Crippen molar-refractivity contribution in [1.29, 1.82) is 0 Å². The minimum absolute atomic E-state index is 0.0488. The van der Waals surface area contributed by atoms with Gasteiger partial charge in [0.25, 0.3) is 0 Å². The molecule has 0 unspecified atom stereocenters.